The molecule has 0 fully saturated rings. The molecule has 3 nitrogen and oxygen atoms in total. The van der Waals surface area contributed by atoms with Crippen LogP contribution in [0.4, 0.5) is 0 Å². The van der Waals surface area contributed by atoms with Gasteiger partial charge in [0, 0.05) is 11.3 Å². The van der Waals surface area contributed by atoms with Crippen molar-refractivity contribution >= 4 is 5.65 Å². The van der Waals surface area contributed by atoms with Crippen molar-refractivity contribution in [1.29, 1.82) is 0 Å². The first-order valence-electron chi connectivity index (χ1n) is 6.81. The molecule has 2 aromatic rings. The van der Waals surface area contributed by atoms with Crippen LogP contribution in [0.25, 0.3) is 5.65 Å². The number of fused-ring (bicyclic) bond motifs is 2. The van der Waals surface area contributed by atoms with Crippen LogP contribution < -0.4 is 5.56 Å². The molecule has 1 aliphatic carbocycles. The van der Waals surface area contributed by atoms with Gasteiger partial charge in [-0.15, -0.1) is 0 Å². The molecule has 0 unspecified atom stereocenters. The summed E-state index contributed by atoms with van der Waals surface area (Å²) in [4.78, 5) is 17.2. The zero-order chi connectivity index (χ0) is 12.7. The Kier molecular flexibility index (Phi) is 2.69. The predicted molar refractivity (Wildman–Crippen MR) is 72.2 cm³/mol. The van der Waals surface area contributed by atoms with E-state index in [1.807, 2.05) is 4.40 Å². The third kappa shape index (κ3) is 1.57. The Morgan fingerprint density at radius 3 is 2.78 bits per heavy atom. The quantitative estimate of drug-likeness (QED) is 0.810. The van der Waals surface area contributed by atoms with Crippen LogP contribution in [0.3, 0.4) is 0 Å². The standard InChI is InChI=1S/C15H18N2O/c1-3-10-8-11(4-2)17-14(9-10)16-13-7-5-6-12(13)15(17)18/h8-9H,3-7H2,1-2H3. The molecule has 94 valence electrons. The number of pyridine rings is 1. The fraction of sp³-hybridized carbons (Fsp3) is 0.467. The molecule has 3 heteroatoms. The average molecular weight is 242 g/mol. The summed E-state index contributed by atoms with van der Waals surface area (Å²) in [5, 5.41) is 0. The van der Waals surface area contributed by atoms with Gasteiger partial charge < -0.3 is 0 Å². The van der Waals surface area contributed by atoms with Crippen molar-refractivity contribution in [3.8, 4) is 0 Å². The Labute approximate surface area is 106 Å². The highest BCUT2D eigenvalue weighted by Crippen LogP contribution is 2.19. The molecule has 0 atom stereocenters. The van der Waals surface area contributed by atoms with Gasteiger partial charge in [0.2, 0.25) is 0 Å². The van der Waals surface area contributed by atoms with Gasteiger partial charge >= 0.3 is 0 Å². The summed E-state index contributed by atoms with van der Waals surface area (Å²) in [6, 6.07) is 4.19. The first-order chi connectivity index (χ1) is 8.74. The largest absolute Gasteiger partial charge is 0.269 e. The lowest BCUT2D eigenvalue weighted by molar-refractivity contribution is 0.886. The molecular formula is C15H18N2O. The Balaban J connectivity index is 2.42. The van der Waals surface area contributed by atoms with E-state index in [4.69, 9.17) is 4.98 Å². The van der Waals surface area contributed by atoms with Crippen molar-refractivity contribution in [2.45, 2.75) is 46.0 Å². The van der Waals surface area contributed by atoms with Gasteiger partial charge in [-0.3, -0.25) is 9.20 Å². The second-order valence-electron chi connectivity index (χ2n) is 4.95. The van der Waals surface area contributed by atoms with Crippen molar-refractivity contribution in [3.05, 3.63) is 45.0 Å². The van der Waals surface area contributed by atoms with Crippen LogP contribution >= 0.6 is 0 Å². The first-order valence-corrected chi connectivity index (χ1v) is 6.81. The van der Waals surface area contributed by atoms with Crippen LogP contribution in [0.1, 0.15) is 42.8 Å². The average Bonchev–Trinajstić information content (AvgIpc) is 2.85. The molecule has 0 amide bonds. The van der Waals surface area contributed by atoms with Crippen molar-refractivity contribution in [2.75, 3.05) is 0 Å². The monoisotopic (exact) mass is 242 g/mol. The van der Waals surface area contributed by atoms with E-state index in [0.717, 1.165) is 54.7 Å². The summed E-state index contributed by atoms with van der Waals surface area (Å²) in [5.41, 5.74) is 5.29. The van der Waals surface area contributed by atoms with E-state index in [1.165, 1.54) is 5.56 Å². The molecule has 2 heterocycles. The molecule has 0 bridgehead atoms. The number of hydrogen-bond donors (Lipinski definition) is 0. The third-order valence-electron chi connectivity index (χ3n) is 3.85. The number of aryl methyl sites for hydroxylation is 3. The molecule has 0 saturated carbocycles. The first kappa shape index (κ1) is 11.5. The normalized spacial score (nSPS) is 14.1. The lowest BCUT2D eigenvalue weighted by atomic mass is 10.1. The lowest BCUT2D eigenvalue weighted by Gasteiger charge is -2.11. The topological polar surface area (TPSA) is 34.4 Å². The molecule has 1 aliphatic rings. The fourth-order valence-corrected chi connectivity index (χ4v) is 2.83. The third-order valence-corrected chi connectivity index (χ3v) is 3.85. The number of hydrogen-bond acceptors (Lipinski definition) is 2. The molecule has 2 aromatic heterocycles. The van der Waals surface area contributed by atoms with E-state index in [1.54, 1.807) is 0 Å². The van der Waals surface area contributed by atoms with E-state index in [0.29, 0.717) is 0 Å². The van der Waals surface area contributed by atoms with Crippen LogP contribution in [-0.2, 0) is 25.7 Å². The van der Waals surface area contributed by atoms with Crippen LogP contribution in [0.15, 0.2) is 16.9 Å². The molecular weight excluding hydrogens is 224 g/mol. The predicted octanol–water partition coefficient (Wildman–Crippen LogP) is 2.31. The van der Waals surface area contributed by atoms with Gasteiger partial charge in [-0.25, -0.2) is 4.98 Å². The summed E-state index contributed by atoms with van der Waals surface area (Å²) in [5.74, 6) is 0. The van der Waals surface area contributed by atoms with Crippen LogP contribution in [0.5, 0.6) is 0 Å². The Morgan fingerprint density at radius 1 is 1.22 bits per heavy atom. The maximum atomic E-state index is 12.5. The van der Waals surface area contributed by atoms with Crippen LogP contribution in [0, 0.1) is 0 Å². The Bertz CT molecular complexity index is 670. The molecule has 18 heavy (non-hydrogen) atoms. The highest BCUT2D eigenvalue weighted by atomic mass is 16.1. The van der Waals surface area contributed by atoms with Crippen molar-refractivity contribution in [2.24, 2.45) is 0 Å². The van der Waals surface area contributed by atoms with Gasteiger partial charge in [-0.2, -0.15) is 0 Å². The maximum absolute atomic E-state index is 12.5. The Morgan fingerprint density at radius 2 is 2.06 bits per heavy atom. The summed E-state index contributed by atoms with van der Waals surface area (Å²) in [6.45, 7) is 4.23. The lowest BCUT2D eigenvalue weighted by Crippen LogP contribution is -2.23. The van der Waals surface area contributed by atoms with Crippen LogP contribution in [0.2, 0.25) is 0 Å². The summed E-state index contributed by atoms with van der Waals surface area (Å²) in [7, 11) is 0. The van der Waals surface area contributed by atoms with Gasteiger partial charge in [0.15, 0.2) is 0 Å². The number of rotatable bonds is 2. The zero-order valence-corrected chi connectivity index (χ0v) is 11.0. The van der Waals surface area contributed by atoms with Gasteiger partial charge in [-0.1, -0.05) is 13.8 Å². The van der Waals surface area contributed by atoms with Gasteiger partial charge in [-0.05, 0) is 49.8 Å². The van der Waals surface area contributed by atoms with E-state index >= 15 is 0 Å². The van der Waals surface area contributed by atoms with Crippen molar-refractivity contribution in [1.82, 2.24) is 9.38 Å². The molecule has 0 spiro atoms. The maximum Gasteiger partial charge on any atom is 0.261 e. The van der Waals surface area contributed by atoms with Crippen molar-refractivity contribution in [3.63, 3.8) is 0 Å². The van der Waals surface area contributed by atoms with Crippen molar-refractivity contribution < 1.29 is 0 Å². The second kappa shape index (κ2) is 4.23. The van der Waals surface area contributed by atoms with Gasteiger partial charge in [0.1, 0.15) is 5.65 Å². The summed E-state index contributed by atoms with van der Waals surface area (Å²) in [6.07, 6.45) is 4.76. The SMILES string of the molecule is CCc1cc(CC)n2c(=O)c3c(nc2c1)CCC3. The summed E-state index contributed by atoms with van der Waals surface area (Å²) < 4.78 is 1.81. The van der Waals surface area contributed by atoms with Gasteiger partial charge in [0.05, 0.1) is 5.69 Å². The second-order valence-corrected chi connectivity index (χ2v) is 4.95. The molecule has 0 N–H and O–H groups in total. The molecule has 0 aromatic carbocycles. The number of aromatic nitrogens is 2. The zero-order valence-electron chi connectivity index (χ0n) is 11.0. The van der Waals surface area contributed by atoms with E-state index in [2.05, 4.69) is 26.0 Å². The highest BCUT2D eigenvalue weighted by molar-refractivity contribution is 5.46. The minimum Gasteiger partial charge on any atom is -0.269 e. The van der Waals surface area contributed by atoms with E-state index < -0.39 is 0 Å². The minimum absolute atomic E-state index is 0.159. The fourth-order valence-electron chi connectivity index (χ4n) is 2.83. The number of nitrogens with zero attached hydrogens (tertiary/aromatic N) is 2. The molecule has 0 saturated heterocycles. The smallest absolute Gasteiger partial charge is 0.261 e. The molecule has 3 rings (SSSR count). The van der Waals surface area contributed by atoms with Crippen LogP contribution in [-0.4, -0.2) is 9.38 Å². The van der Waals surface area contributed by atoms with E-state index in [9.17, 15) is 4.79 Å². The van der Waals surface area contributed by atoms with Gasteiger partial charge in [0.25, 0.3) is 5.56 Å². The van der Waals surface area contributed by atoms with E-state index in [-0.39, 0.29) is 5.56 Å². The minimum atomic E-state index is 0.159. The molecule has 0 radical (unpaired) electrons. The Hall–Kier alpha value is -1.64. The highest BCUT2D eigenvalue weighted by Gasteiger charge is 2.19. The summed E-state index contributed by atoms with van der Waals surface area (Å²) >= 11 is 0. The molecule has 0 aliphatic heterocycles.